The van der Waals surface area contributed by atoms with E-state index in [1.54, 1.807) is 24.1 Å². The molecule has 0 unspecified atom stereocenters. The third kappa shape index (κ3) is 2.79. The molecule has 1 aliphatic rings. The summed E-state index contributed by atoms with van der Waals surface area (Å²) in [5.41, 5.74) is 1.09. The Morgan fingerprint density at radius 3 is 2.32 bits per heavy atom. The molecule has 104 valence electrons. The first-order valence-corrected chi connectivity index (χ1v) is 7.72. The minimum atomic E-state index is -3.56. The van der Waals surface area contributed by atoms with E-state index in [-0.39, 0.29) is 17.3 Å². The van der Waals surface area contributed by atoms with Crippen LogP contribution < -0.4 is 0 Å². The van der Waals surface area contributed by atoms with E-state index >= 15 is 0 Å². The average molecular weight is 282 g/mol. The maximum absolute atomic E-state index is 12.4. The van der Waals surface area contributed by atoms with Gasteiger partial charge in [-0.15, -0.1) is 0 Å². The second kappa shape index (κ2) is 5.30. The molecule has 19 heavy (non-hydrogen) atoms. The monoisotopic (exact) mass is 282 g/mol. The van der Waals surface area contributed by atoms with Gasteiger partial charge < -0.3 is 4.90 Å². The van der Waals surface area contributed by atoms with Crippen molar-refractivity contribution in [3.63, 3.8) is 0 Å². The van der Waals surface area contributed by atoms with Crippen LogP contribution in [-0.2, 0) is 21.2 Å². The predicted molar refractivity (Wildman–Crippen MR) is 72.2 cm³/mol. The van der Waals surface area contributed by atoms with Gasteiger partial charge in [0.2, 0.25) is 15.9 Å². The fraction of sp³-hybridized carbons (Fsp3) is 0.462. The summed E-state index contributed by atoms with van der Waals surface area (Å²) in [6.45, 7) is 2.72. The first-order chi connectivity index (χ1) is 8.95. The Balaban J connectivity index is 2.24. The van der Waals surface area contributed by atoms with Gasteiger partial charge in [0.1, 0.15) is 0 Å². The molecule has 1 amide bonds. The van der Waals surface area contributed by atoms with Gasteiger partial charge in [-0.25, -0.2) is 8.42 Å². The van der Waals surface area contributed by atoms with E-state index < -0.39 is 10.0 Å². The normalized spacial score (nSPS) is 17.8. The molecule has 1 aromatic rings. The van der Waals surface area contributed by atoms with Crippen molar-refractivity contribution in [2.24, 2.45) is 0 Å². The molecule has 6 heteroatoms. The lowest BCUT2D eigenvalue weighted by Crippen LogP contribution is -2.50. The molecule has 0 atom stereocenters. The fourth-order valence-electron chi connectivity index (χ4n) is 1.99. The van der Waals surface area contributed by atoms with Crippen LogP contribution in [0.5, 0.6) is 0 Å². The van der Waals surface area contributed by atoms with Crippen LogP contribution in [0.1, 0.15) is 12.5 Å². The summed E-state index contributed by atoms with van der Waals surface area (Å²) in [6.07, 6.45) is 0.868. The molecule has 5 nitrogen and oxygen atoms in total. The van der Waals surface area contributed by atoms with Gasteiger partial charge in [0, 0.05) is 20.1 Å². The van der Waals surface area contributed by atoms with Crippen molar-refractivity contribution >= 4 is 15.9 Å². The molecule has 1 fully saturated rings. The molecule has 0 saturated carbocycles. The number of nitrogens with zero attached hydrogens (tertiary/aromatic N) is 2. The maximum atomic E-state index is 12.4. The zero-order valence-corrected chi connectivity index (χ0v) is 12.0. The quantitative estimate of drug-likeness (QED) is 0.820. The SMILES string of the molecule is CCc1ccc(S(=O)(=O)N2CCN(C)C(=O)C2)cc1. The van der Waals surface area contributed by atoms with Gasteiger partial charge >= 0.3 is 0 Å². The van der Waals surface area contributed by atoms with Crippen LogP contribution in [0.3, 0.4) is 0 Å². The van der Waals surface area contributed by atoms with Gasteiger partial charge in [-0.3, -0.25) is 4.79 Å². The number of carbonyl (C=O) groups excluding carboxylic acids is 1. The number of carbonyl (C=O) groups is 1. The topological polar surface area (TPSA) is 57.7 Å². The van der Waals surface area contributed by atoms with Crippen molar-refractivity contribution in [2.45, 2.75) is 18.2 Å². The highest BCUT2D eigenvalue weighted by Crippen LogP contribution is 2.18. The van der Waals surface area contributed by atoms with Crippen LogP contribution in [0, 0.1) is 0 Å². The van der Waals surface area contributed by atoms with E-state index in [9.17, 15) is 13.2 Å². The average Bonchev–Trinajstić information content (AvgIpc) is 2.41. The van der Waals surface area contributed by atoms with Gasteiger partial charge in [-0.2, -0.15) is 4.31 Å². The van der Waals surface area contributed by atoms with E-state index in [0.717, 1.165) is 12.0 Å². The second-order valence-electron chi connectivity index (χ2n) is 4.65. The number of sulfonamides is 1. The molecule has 0 radical (unpaired) electrons. The number of piperazine rings is 1. The fourth-order valence-corrected chi connectivity index (χ4v) is 3.37. The lowest BCUT2D eigenvalue weighted by Gasteiger charge is -2.31. The summed E-state index contributed by atoms with van der Waals surface area (Å²) in [7, 11) is -1.87. The molecular formula is C13H18N2O3S. The maximum Gasteiger partial charge on any atom is 0.243 e. The second-order valence-corrected chi connectivity index (χ2v) is 6.59. The smallest absolute Gasteiger partial charge is 0.243 e. The van der Waals surface area contributed by atoms with Crippen LogP contribution >= 0.6 is 0 Å². The lowest BCUT2D eigenvalue weighted by molar-refractivity contribution is -0.132. The van der Waals surface area contributed by atoms with Gasteiger partial charge in [-0.1, -0.05) is 19.1 Å². The van der Waals surface area contributed by atoms with Crippen molar-refractivity contribution in [2.75, 3.05) is 26.7 Å². The summed E-state index contributed by atoms with van der Waals surface area (Å²) in [6, 6.07) is 6.84. The van der Waals surface area contributed by atoms with E-state index in [1.165, 1.54) is 4.31 Å². The third-order valence-corrected chi connectivity index (χ3v) is 5.25. The Hall–Kier alpha value is -1.40. The molecular weight excluding hydrogens is 264 g/mol. The summed E-state index contributed by atoms with van der Waals surface area (Å²) >= 11 is 0. The van der Waals surface area contributed by atoms with E-state index in [4.69, 9.17) is 0 Å². The van der Waals surface area contributed by atoms with Crippen molar-refractivity contribution in [1.82, 2.24) is 9.21 Å². The molecule has 1 aliphatic heterocycles. The molecule has 1 heterocycles. The van der Waals surface area contributed by atoms with Gasteiger partial charge in [0.05, 0.1) is 11.4 Å². The first kappa shape index (κ1) is 14.0. The minimum absolute atomic E-state index is 0.0750. The van der Waals surface area contributed by atoms with E-state index in [0.29, 0.717) is 13.1 Å². The van der Waals surface area contributed by atoms with Crippen LogP contribution in [0.15, 0.2) is 29.2 Å². The number of likely N-dealkylation sites (N-methyl/N-ethyl adjacent to an activating group) is 1. The van der Waals surface area contributed by atoms with Gasteiger partial charge in [0.15, 0.2) is 0 Å². The highest BCUT2D eigenvalue weighted by atomic mass is 32.2. The zero-order chi connectivity index (χ0) is 14.0. The molecule has 1 aromatic carbocycles. The standard InChI is InChI=1S/C13H18N2O3S/c1-3-11-4-6-12(7-5-11)19(17,18)15-9-8-14(2)13(16)10-15/h4-7H,3,8-10H2,1-2H3. The molecule has 0 spiro atoms. The molecule has 1 saturated heterocycles. The predicted octanol–water partition coefficient (Wildman–Crippen LogP) is 0.712. The largest absolute Gasteiger partial charge is 0.343 e. The Morgan fingerprint density at radius 1 is 1.16 bits per heavy atom. The zero-order valence-electron chi connectivity index (χ0n) is 11.2. The van der Waals surface area contributed by atoms with Crippen molar-refractivity contribution in [1.29, 1.82) is 0 Å². The molecule has 2 rings (SSSR count). The Morgan fingerprint density at radius 2 is 1.79 bits per heavy atom. The number of rotatable bonds is 3. The molecule has 0 N–H and O–H groups in total. The summed E-state index contributed by atoms with van der Waals surface area (Å²) in [5, 5.41) is 0. The van der Waals surface area contributed by atoms with Crippen LogP contribution in [-0.4, -0.2) is 50.2 Å². The molecule has 0 aliphatic carbocycles. The van der Waals surface area contributed by atoms with Crippen LogP contribution in [0.4, 0.5) is 0 Å². The van der Waals surface area contributed by atoms with Crippen molar-refractivity contribution in [3.05, 3.63) is 29.8 Å². The summed E-state index contributed by atoms with van der Waals surface area (Å²) in [5.74, 6) is -0.167. The van der Waals surface area contributed by atoms with Crippen molar-refractivity contribution < 1.29 is 13.2 Å². The van der Waals surface area contributed by atoms with Gasteiger partial charge in [0.25, 0.3) is 0 Å². The Bertz CT molecular complexity index is 566. The first-order valence-electron chi connectivity index (χ1n) is 6.28. The number of amides is 1. The highest BCUT2D eigenvalue weighted by Gasteiger charge is 2.31. The van der Waals surface area contributed by atoms with Crippen molar-refractivity contribution in [3.8, 4) is 0 Å². The Kier molecular flexibility index (Phi) is 3.91. The number of hydrogen-bond donors (Lipinski definition) is 0. The lowest BCUT2D eigenvalue weighted by atomic mass is 10.2. The van der Waals surface area contributed by atoms with Gasteiger partial charge in [-0.05, 0) is 24.1 Å². The van der Waals surface area contributed by atoms with Crippen LogP contribution in [0.25, 0.3) is 0 Å². The third-order valence-electron chi connectivity index (χ3n) is 3.39. The number of benzene rings is 1. The summed E-state index contributed by atoms with van der Waals surface area (Å²) < 4.78 is 26.0. The summed E-state index contributed by atoms with van der Waals surface area (Å²) in [4.78, 5) is 13.4. The number of hydrogen-bond acceptors (Lipinski definition) is 3. The minimum Gasteiger partial charge on any atom is -0.343 e. The van der Waals surface area contributed by atoms with E-state index in [1.807, 2.05) is 19.1 Å². The molecule has 0 aromatic heterocycles. The highest BCUT2D eigenvalue weighted by molar-refractivity contribution is 7.89. The Labute approximate surface area is 113 Å². The number of aryl methyl sites for hydroxylation is 1. The molecule has 0 bridgehead atoms. The van der Waals surface area contributed by atoms with E-state index in [2.05, 4.69) is 0 Å². The van der Waals surface area contributed by atoms with Crippen LogP contribution in [0.2, 0.25) is 0 Å².